The molecule has 1 aliphatic rings. The van der Waals surface area contributed by atoms with Crippen molar-refractivity contribution >= 4 is 40.5 Å². The minimum absolute atomic E-state index is 0.194. The lowest BCUT2D eigenvalue weighted by Gasteiger charge is -2.22. The van der Waals surface area contributed by atoms with Crippen LogP contribution in [0.1, 0.15) is 26.9 Å². The SMILES string of the molecule is O=C1CC(c2cccs2)Sc2ccc(Cl)cc21. The van der Waals surface area contributed by atoms with Gasteiger partial charge in [-0.2, -0.15) is 0 Å². The molecule has 0 fully saturated rings. The molecule has 0 radical (unpaired) electrons. The molecule has 1 atom stereocenters. The quantitative estimate of drug-likeness (QED) is 0.745. The van der Waals surface area contributed by atoms with Gasteiger partial charge in [0.1, 0.15) is 0 Å². The first kappa shape index (κ1) is 11.3. The van der Waals surface area contributed by atoms with E-state index in [4.69, 9.17) is 11.6 Å². The van der Waals surface area contributed by atoms with Crippen molar-refractivity contribution in [3.63, 3.8) is 0 Å². The highest BCUT2D eigenvalue weighted by molar-refractivity contribution is 7.99. The molecule has 0 N–H and O–H groups in total. The Morgan fingerprint density at radius 1 is 1.29 bits per heavy atom. The van der Waals surface area contributed by atoms with Crippen LogP contribution in [0.15, 0.2) is 40.6 Å². The minimum Gasteiger partial charge on any atom is -0.294 e. The molecule has 0 bridgehead atoms. The third-order valence-corrected chi connectivity index (χ3v) is 5.43. The Labute approximate surface area is 113 Å². The normalized spacial score (nSPS) is 19.1. The van der Waals surface area contributed by atoms with Gasteiger partial charge in [-0.05, 0) is 29.6 Å². The van der Waals surface area contributed by atoms with Gasteiger partial charge in [0.05, 0.1) is 5.25 Å². The first-order valence-corrected chi connectivity index (χ1v) is 7.40. The summed E-state index contributed by atoms with van der Waals surface area (Å²) in [6.45, 7) is 0. The number of fused-ring (bicyclic) bond motifs is 1. The Kier molecular flexibility index (Phi) is 2.99. The minimum atomic E-state index is 0.194. The predicted octanol–water partition coefficient (Wildman–Crippen LogP) is 4.82. The Balaban J connectivity index is 1.99. The topological polar surface area (TPSA) is 17.1 Å². The van der Waals surface area contributed by atoms with E-state index < -0.39 is 0 Å². The molecule has 4 heteroatoms. The van der Waals surface area contributed by atoms with Crippen molar-refractivity contribution in [2.45, 2.75) is 16.6 Å². The molecule has 2 aromatic rings. The highest BCUT2D eigenvalue weighted by Crippen LogP contribution is 2.46. The van der Waals surface area contributed by atoms with Crippen molar-refractivity contribution in [1.29, 1.82) is 0 Å². The van der Waals surface area contributed by atoms with Crippen molar-refractivity contribution in [3.8, 4) is 0 Å². The number of ketones is 1. The van der Waals surface area contributed by atoms with Crippen molar-refractivity contribution in [2.75, 3.05) is 0 Å². The highest BCUT2D eigenvalue weighted by atomic mass is 35.5. The monoisotopic (exact) mass is 280 g/mol. The fourth-order valence-corrected chi connectivity index (χ4v) is 4.30. The van der Waals surface area contributed by atoms with E-state index >= 15 is 0 Å². The molecule has 0 aliphatic carbocycles. The maximum atomic E-state index is 12.1. The van der Waals surface area contributed by atoms with Crippen molar-refractivity contribution < 1.29 is 4.79 Å². The van der Waals surface area contributed by atoms with Gasteiger partial charge >= 0.3 is 0 Å². The summed E-state index contributed by atoms with van der Waals surface area (Å²) in [5.74, 6) is 0.194. The zero-order valence-corrected chi connectivity index (χ0v) is 11.2. The van der Waals surface area contributed by atoms with Crippen LogP contribution < -0.4 is 0 Å². The molecule has 0 amide bonds. The number of thiophene rings is 1. The van der Waals surface area contributed by atoms with E-state index in [9.17, 15) is 4.79 Å². The molecular formula is C13H9ClOS2. The molecule has 1 unspecified atom stereocenters. The van der Waals surface area contributed by atoms with Gasteiger partial charge < -0.3 is 0 Å². The Morgan fingerprint density at radius 3 is 2.94 bits per heavy atom. The molecule has 0 saturated heterocycles. The van der Waals surface area contributed by atoms with Crippen molar-refractivity contribution in [1.82, 2.24) is 0 Å². The number of carbonyl (C=O) groups excluding carboxylic acids is 1. The van der Waals surface area contributed by atoms with Crippen LogP contribution in [0.3, 0.4) is 0 Å². The van der Waals surface area contributed by atoms with Gasteiger partial charge in [0, 0.05) is 26.8 Å². The molecule has 0 spiro atoms. The summed E-state index contributed by atoms with van der Waals surface area (Å²) in [5.41, 5.74) is 0.773. The molecule has 17 heavy (non-hydrogen) atoms. The Morgan fingerprint density at radius 2 is 2.18 bits per heavy atom. The van der Waals surface area contributed by atoms with Crippen LogP contribution in [-0.2, 0) is 0 Å². The number of Topliss-reactive ketones (excluding diaryl/α,β-unsaturated/α-hetero) is 1. The van der Waals surface area contributed by atoms with E-state index in [1.165, 1.54) is 4.88 Å². The van der Waals surface area contributed by atoms with Crippen LogP contribution in [0.4, 0.5) is 0 Å². The second kappa shape index (κ2) is 4.48. The third kappa shape index (κ3) is 2.15. The summed E-state index contributed by atoms with van der Waals surface area (Å²) in [5, 5.41) is 2.95. The van der Waals surface area contributed by atoms with E-state index in [1.54, 1.807) is 29.2 Å². The van der Waals surface area contributed by atoms with Gasteiger partial charge in [0.2, 0.25) is 0 Å². The smallest absolute Gasteiger partial charge is 0.165 e. The van der Waals surface area contributed by atoms with E-state index in [0.717, 1.165) is 10.5 Å². The second-order valence-corrected chi connectivity index (χ2v) is 6.55. The fraction of sp³-hybridized carbons (Fsp3) is 0.154. The number of hydrogen-bond acceptors (Lipinski definition) is 3. The summed E-state index contributed by atoms with van der Waals surface area (Å²) < 4.78 is 0. The fourth-order valence-electron chi connectivity index (χ4n) is 1.93. The average Bonchev–Trinajstić information content (AvgIpc) is 2.83. The van der Waals surface area contributed by atoms with Crippen molar-refractivity contribution in [3.05, 3.63) is 51.2 Å². The molecule has 2 heterocycles. The maximum Gasteiger partial charge on any atom is 0.165 e. The predicted molar refractivity (Wildman–Crippen MR) is 73.3 cm³/mol. The molecule has 1 aromatic carbocycles. The number of benzene rings is 1. The number of hydrogen-bond donors (Lipinski definition) is 0. The first-order valence-electron chi connectivity index (χ1n) is 5.27. The standard InChI is InChI=1S/C13H9ClOS2/c14-8-3-4-11-9(6-8)10(15)7-13(17-11)12-2-1-5-16-12/h1-6,13H,7H2. The zero-order valence-electron chi connectivity index (χ0n) is 8.85. The van der Waals surface area contributed by atoms with Gasteiger partial charge in [-0.3, -0.25) is 4.79 Å². The molecule has 3 rings (SSSR count). The van der Waals surface area contributed by atoms with Crippen molar-refractivity contribution in [2.24, 2.45) is 0 Å². The summed E-state index contributed by atoms with van der Waals surface area (Å²) in [6.07, 6.45) is 0.568. The first-order chi connectivity index (χ1) is 8.24. The third-order valence-electron chi connectivity index (χ3n) is 2.74. The van der Waals surface area contributed by atoms with Gasteiger partial charge in [-0.25, -0.2) is 0 Å². The number of halogens is 1. The van der Waals surface area contributed by atoms with E-state index in [2.05, 4.69) is 11.4 Å². The summed E-state index contributed by atoms with van der Waals surface area (Å²) in [7, 11) is 0. The van der Waals surface area contributed by atoms with Gasteiger partial charge in [0.25, 0.3) is 0 Å². The van der Waals surface area contributed by atoms with Crippen LogP contribution in [0.2, 0.25) is 5.02 Å². The molecule has 86 valence electrons. The van der Waals surface area contributed by atoms with Crippen LogP contribution in [-0.4, -0.2) is 5.78 Å². The highest BCUT2D eigenvalue weighted by Gasteiger charge is 2.27. The van der Waals surface area contributed by atoms with Crippen LogP contribution in [0.5, 0.6) is 0 Å². The number of carbonyl (C=O) groups is 1. The largest absolute Gasteiger partial charge is 0.294 e. The lowest BCUT2D eigenvalue weighted by molar-refractivity contribution is 0.0977. The lowest BCUT2D eigenvalue weighted by atomic mass is 10.0. The zero-order chi connectivity index (χ0) is 11.8. The Bertz CT molecular complexity index is 563. The molecule has 1 aromatic heterocycles. The van der Waals surface area contributed by atoms with E-state index in [0.29, 0.717) is 11.4 Å². The number of thioether (sulfide) groups is 1. The van der Waals surface area contributed by atoms with Gasteiger partial charge in [-0.1, -0.05) is 17.7 Å². The summed E-state index contributed by atoms with van der Waals surface area (Å²) in [4.78, 5) is 14.4. The molecule has 1 nitrogen and oxygen atoms in total. The second-order valence-electron chi connectivity index (χ2n) is 3.89. The van der Waals surface area contributed by atoms with Gasteiger partial charge in [-0.15, -0.1) is 23.1 Å². The van der Waals surface area contributed by atoms with E-state index in [1.807, 2.05) is 18.2 Å². The van der Waals surface area contributed by atoms with Crippen LogP contribution in [0.25, 0.3) is 0 Å². The van der Waals surface area contributed by atoms with Crippen LogP contribution >= 0.6 is 34.7 Å². The molecule has 0 saturated carbocycles. The lowest BCUT2D eigenvalue weighted by Crippen LogP contribution is -2.11. The Hall–Kier alpha value is -0.770. The van der Waals surface area contributed by atoms with E-state index in [-0.39, 0.29) is 11.0 Å². The summed E-state index contributed by atoms with van der Waals surface area (Å²) >= 11 is 9.39. The van der Waals surface area contributed by atoms with Gasteiger partial charge in [0.15, 0.2) is 5.78 Å². The maximum absolute atomic E-state index is 12.1. The molecular weight excluding hydrogens is 272 g/mol. The average molecular weight is 281 g/mol. The van der Waals surface area contributed by atoms with Crippen LogP contribution in [0, 0.1) is 0 Å². The summed E-state index contributed by atoms with van der Waals surface area (Å²) in [6, 6.07) is 9.69. The molecule has 1 aliphatic heterocycles. The number of rotatable bonds is 1.